The molecule has 1 unspecified atom stereocenters. The summed E-state index contributed by atoms with van der Waals surface area (Å²) in [6.07, 6.45) is -0.517. The van der Waals surface area contributed by atoms with Crippen LogP contribution in [-0.4, -0.2) is 37.4 Å². The number of likely N-dealkylation sites (N-methyl/N-ethyl adjacent to an activating group) is 1. The average Bonchev–Trinajstić information content (AvgIpc) is 2.62. The molecule has 2 amide bonds. The number of para-hydroxylation sites is 1. The van der Waals surface area contributed by atoms with Gasteiger partial charge in [-0.15, -0.1) is 0 Å². The van der Waals surface area contributed by atoms with E-state index in [1.165, 1.54) is 6.07 Å². The molecule has 0 spiro atoms. The fourth-order valence-electron chi connectivity index (χ4n) is 3.03. The molecular weight excluding hydrogens is 389 g/mol. The quantitative estimate of drug-likeness (QED) is 0.853. The van der Waals surface area contributed by atoms with E-state index in [9.17, 15) is 14.0 Å². The lowest BCUT2D eigenvalue weighted by molar-refractivity contribution is -0.119. The number of amides is 2. The number of rotatable bonds is 3. The molecule has 130 valence electrons. The number of benzene rings is 2. The molecule has 0 radical (unpaired) electrons. The van der Waals surface area contributed by atoms with Gasteiger partial charge >= 0.3 is 0 Å². The van der Waals surface area contributed by atoms with Gasteiger partial charge in [0, 0.05) is 14.1 Å². The predicted molar refractivity (Wildman–Crippen MR) is 96.8 cm³/mol. The first kappa shape index (κ1) is 17.4. The van der Waals surface area contributed by atoms with E-state index in [-0.39, 0.29) is 24.2 Å². The number of halogens is 2. The fraction of sp³-hybridized carbons (Fsp3) is 0.222. The van der Waals surface area contributed by atoms with Crippen molar-refractivity contribution in [1.29, 1.82) is 0 Å². The van der Waals surface area contributed by atoms with Crippen LogP contribution in [0.4, 0.5) is 10.1 Å². The van der Waals surface area contributed by atoms with E-state index >= 15 is 0 Å². The Morgan fingerprint density at radius 2 is 2.00 bits per heavy atom. The van der Waals surface area contributed by atoms with Crippen molar-refractivity contribution in [3.63, 3.8) is 0 Å². The summed E-state index contributed by atoms with van der Waals surface area (Å²) in [5.74, 6) is -0.704. The summed E-state index contributed by atoms with van der Waals surface area (Å²) in [5.41, 5.74) is 1.92. The van der Waals surface area contributed by atoms with Crippen LogP contribution in [-0.2, 0) is 4.79 Å². The van der Waals surface area contributed by atoms with E-state index in [0.29, 0.717) is 21.3 Å². The number of hydrogen-bond donors (Lipinski definition) is 1. The normalized spacial score (nSPS) is 16.6. The monoisotopic (exact) mass is 405 g/mol. The van der Waals surface area contributed by atoms with Crippen LogP contribution in [0.2, 0.25) is 0 Å². The van der Waals surface area contributed by atoms with Crippen LogP contribution in [0.25, 0.3) is 0 Å². The number of carbonyl (C=O) groups is 2. The molecular formula is C18H17BrFN3O2. The molecule has 1 aliphatic rings. The minimum absolute atomic E-state index is 0.0742. The van der Waals surface area contributed by atoms with Gasteiger partial charge in [0.05, 0.1) is 22.3 Å². The Bertz CT molecular complexity index is 843. The molecule has 0 bridgehead atoms. The van der Waals surface area contributed by atoms with Crippen LogP contribution in [0.15, 0.2) is 46.9 Å². The van der Waals surface area contributed by atoms with Crippen LogP contribution >= 0.6 is 15.9 Å². The highest BCUT2D eigenvalue weighted by atomic mass is 79.9. The van der Waals surface area contributed by atoms with E-state index in [4.69, 9.17) is 0 Å². The summed E-state index contributed by atoms with van der Waals surface area (Å²) in [5, 5.41) is 2.61. The van der Waals surface area contributed by atoms with Gasteiger partial charge in [-0.3, -0.25) is 9.59 Å². The second-order valence-corrected chi connectivity index (χ2v) is 6.64. The van der Waals surface area contributed by atoms with E-state index in [2.05, 4.69) is 21.2 Å². The van der Waals surface area contributed by atoms with Crippen LogP contribution in [0, 0.1) is 5.82 Å². The number of nitrogens with one attached hydrogen (secondary N) is 1. The molecule has 2 aromatic carbocycles. The second kappa shape index (κ2) is 6.84. The SMILES string of the molecule is CNC(=O)CN1c2ccccc2C(=O)N(C)C1c1ccc(F)c(Br)c1. The average molecular weight is 406 g/mol. The highest BCUT2D eigenvalue weighted by Crippen LogP contribution is 2.38. The first-order chi connectivity index (χ1) is 11.9. The van der Waals surface area contributed by atoms with Crippen LogP contribution < -0.4 is 10.2 Å². The first-order valence-electron chi connectivity index (χ1n) is 7.72. The number of nitrogens with zero attached hydrogens (tertiary/aromatic N) is 2. The maximum Gasteiger partial charge on any atom is 0.257 e. The molecule has 7 heteroatoms. The summed E-state index contributed by atoms with van der Waals surface area (Å²) in [7, 11) is 3.24. The molecule has 0 saturated carbocycles. The molecule has 2 aromatic rings. The zero-order chi connectivity index (χ0) is 18.1. The van der Waals surface area contributed by atoms with Crippen molar-refractivity contribution in [2.45, 2.75) is 6.17 Å². The topological polar surface area (TPSA) is 52.7 Å². The molecule has 1 atom stereocenters. The van der Waals surface area contributed by atoms with Gasteiger partial charge in [-0.25, -0.2) is 4.39 Å². The van der Waals surface area contributed by atoms with E-state index in [1.807, 2.05) is 17.0 Å². The summed E-state index contributed by atoms with van der Waals surface area (Å²) < 4.78 is 13.9. The molecule has 1 aliphatic heterocycles. The summed E-state index contributed by atoms with van der Waals surface area (Å²) in [6, 6.07) is 11.8. The van der Waals surface area contributed by atoms with E-state index in [1.54, 1.807) is 43.3 Å². The fourth-order valence-corrected chi connectivity index (χ4v) is 3.43. The lowest BCUT2D eigenvalue weighted by Crippen LogP contribution is -2.50. The third-order valence-electron chi connectivity index (χ3n) is 4.26. The summed E-state index contributed by atoms with van der Waals surface area (Å²) in [4.78, 5) is 28.2. The first-order valence-corrected chi connectivity index (χ1v) is 8.51. The summed E-state index contributed by atoms with van der Waals surface area (Å²) in [6.45, 7) is 0.0742. The molecule has 0 saturated heterocycles. The largest absolute Gasteiger partial charge is 0.358 e. The minimum atomic E-state index is -0.517. The zero-order valence-corrected chi connectivity index (χ0v) is 15.4. The van der Waals surface area contributed by atoms with Crippen molar-refractivity contribution in [2.75, 3.05) is 25.5 Å². The molecule has 0 aromatic heterocycles. The van der Waals surface area contributed by atoms with E-state index in [0.717, 1.165) is 0 Å². The van der Waals surface area contributed by atoms with Crippen LogP contribution in [0.3, 0.4) is 0 Å². The van der Waals surface area contributed by atoms with Crippen molar-refractivity contribution in [1.82, 2.24) is 10.2 Å². The summed E-state index contributed by atoms with van der Waals surface area (Å²) >= 11 is 3.19. The Morgan fingerprint density at radius 1 is 1.28 bits per heavy atom. The Kier molecular flexibility index (Phi) is 4.76. The van der Waals surface area contributed by atoms with Crippen molar-refractivity contribution in [2.24, 2.45) is 0 Å². The van der Waals surface area contributed by atoms with Crippen molar-refractivity contribution in [3.8, 4) is 0 Å². The molecule has 3 rings (SSSR count). The molecule has 5 nitrogen and oxygen atoms in total. The Hall–Kier alpha value is -2.41. The minimum Gasteiger partial charge on any atom is -0.358 e. The van der Waals surface area contributed by atoms with Gasteiger partial charge in [0.2, 0.25) is 5.91 Å². The van der Waals surface area contributed by atoms with Crippen LogP contribution in [0.5, 0.6) is 0 Å². The molecule has 0 fully saturated rings. The predicted octanol–water partition coefficient (Wildman–Crippen LogP) is 2.93. The Balaban J connectivity index is 2.14. The molecule has 0 aliphatic carbocycles. The molecule has 25 heavy (non-hydrogen) atoms. The zero-order valence-electron chi connectivity index (χ0n) is 13.8. The maximum absolute atomic E-state index is 13.6. The standard InChI is InChI=1S/C18H17BrFN3O2/c1-21-16(24)10-23-15-6-4-3-5-12(15)18(25)22(2)17(23)11-7-8-14(20)13(19)9-11/h3-9,17H,10H2,1-2H3,(H,21,24). The van der Waals surface area contributed by atoms with E-state index < -0.39 is 6.17 Å². The lowest BCUT2D eigenvalue weighted by Gasteiger charge is -2.44. The van der Waals surface area contributed by atoms with Gasteiger partial charge in [0.1, 0.15) is 12.0 Å². The number of anilines is 1. The Labute approximate surface area is 153 Å². The number of hydrogen-bond acceptors (Lipinski definition) is 3. The third kappa shape index (κ3) is 3.11. The van der Waals surface area contributed by atoms with Crippen molar-refractivity contribution >= 4 is 33.4 Å². The molecule has 1 heterocycles. The van der Waals surface area contributed by atoms with Gasteiger partial charge < -0.3 is 15.1 Å². The lowest BCUT2D eigenvalue weighted by atomic mass is 10.0. The molecule has 1 N–H and O–H groups in total. The smallest absolute Gasteiger partial charge is 0.257 e. The van der Waals surface area contributed by atoms with Gasteiger partial charge in [0.25, 0.3) is 5.91 Å². The van der Waals surface area contributed by atoms with Gasteiger partial charge in [-0.1, -0.05) is 18.2 Å². The highest BCUT2D eigenvalue weighted by molar-refractivity contribution is 9.10. The van der Waals surface area contributed by atoms with Crippen molar-refractivity contribution in [3.05, 3.63) is 63.9 Å². The van der Waals surface area contributed by atoms with Crippen LogP contribution in [0.1, 0.15) is 22.1 Å². The number of fused-ring (bicyclic) bond motifs is 1. The highest BCUT2D eigenvalue weighted by Gasteiger charge is 2.37. The second-order valence-electron chi connectivity index (χ2n) is 5.78. The van der Waals surface area contributed by atoms with Gasteiger partial charge in [-0.2, -0.15) is 0 Å². The van der Waals surface area contributed by atoms with Gasteiger partial charge in [-0.05, 0) is 45.8 Å². The van der Waals surface area contributed by atoms with Gasteiger partial charge in [0.15, 0.2) is 0 Å². The number of carbonyl (C=O) groups excluding carboxylic acids is 2. The maximum atomic E-state index is 13.6. The third-order valence-corrected chi connectivity index (χ3v) is 4.87. The van der Waals surface area contributed by atoms with Crippen molar-refractivity contribution < 1.29 is 14.0 Å². The Morgan fingerprint density at radius 3 is 2.68 bits per heavy atom.